The van der Waals surface area contributed by atoms with Crippen LogP contribution in [0, 0.1) is 0 Å². The van der Waals surface area contributed by atoms with Gasteiger partial charge in [-0.3, -0.25) is 4.90 Å². The van der Waals surface area contributed by atoms with Gasteiger partial charge in [0.1, 0.15) is 0 Å². The summed E-state index contributed by atoms with van der Waals surface area (Å²) in [5.41, 5.74) is 0. The largest absolute Gasteiger partial charge is 0.315 e. The number of rotatable bonds is 2. The van der Waals surface area contributed by atoms with Crippen molar-refractivity contribution in [2.45, 2.75) is 51.0 Å². The fourth-order valence-electron chi connectivity index (χ4n) is 2.89. The van der Waals surface area contributed by atoms with Crippen LogP contribution >= 0.6 is 0 Å². The summed E-state index contributed by atoms with van der Waals surface area (Å²) in [6, 6.07) is 1.76. The summed E-state index contributed by atoms with van der Waals surface area (Å²) in [6.07, 6.45) is 5.67. The number of hydrogen-bond donors (Lipinski definition) is 1. The zero-order chi connectivity index (χ0) is 10.2. The molecule has 0 amide bonds. The molecular formula is C11H24N2Si. The lowest BCUT2D eigenvalue weighted by molar-refractivity contribution is 0.234. The molecule has 2 heterocycles. The van der Waals surface area contributed by atoms with Gasteiger partial charge in [-0.25, -0.2) is 0 Å². The van der Waals surface area contributed by atoms with Crippen LogP contribution in [0.2, 0.25) is 19.6 Å². The highest BCUT2D eigenvalue weighted by Gasteiger charge is 2.36. The molecule has 14 heavy (non-hydrogen) atoms. The first-order valence-corrected chi connectivity index (χ1v) is 9.73. The van der Waals surface area contributed by atoms with Crippen LogP contribution in [0.3, 0.4) is 0 Å². The Morgan fingerprint density at radius 1 is 1.14 bits per heavy atom. The fraction of sp³-hybridized carbons (Fsp3) is 1.00. The molecule has 1 N–H and O–H groups in total. The highest BCUT2D eigenvalue weighted by molar-refractivity contribution is 6.76. The Kier molecular flexibility index (Phi) is 3.00. The highest BCUT2D eigenvalue weighted by Crippen LogP contribution is 2.28. The SMILES string of the molecule is C[Si](C)(C)CN1C2CCNCC1CC2. The van der Waals surface area contributed by atoms with E-state index in [1.165, 1.54) is 38.5 Å². The number of nitrogens with zero attached hydrogens (tertiary/aromatic N) is 1. The molecule has 2 aliphatic rings. The van der Waals surface area contributed by atoms with Crippen molar-refractivity contribution in [3.05, 3.63) is 0 Å². The fourth-order valence-corrected chi connectivity index (χ4v) is 4.50. The molecule has 0 aromatic heterocycles. The van der Waals surface area contributed by atoms with Gasteiger partial charge in [0.05, 0.1) is 8.07 Å². The van der Waals surface area contributed by atoms with Crippen molar-refractivity contribution in [1.29, 1.82) is 0 Å². The summed E-state index contributed by atoms with van der Waals surface area (Å²) < 4.78 is 0. The standard InChI is InChI=1S/C11H24N2Si/c1-14(2,3)9-13-10-4-5-11(13)8-12-7-6-10/h10-12H,4-9H2,1-3H3. The summed E-state index contributed by atoms with van der Waals surface area (Å²) >= 11 is 0. The van der Waals surface area contributed by atoms with Crippen LogP contribution in [0.5, 0.6) is 0 Å². The van der Waals surface area contributed by atoms with Crippen molar-refractivity contribution in [2.24, 2.45) is 0 Å². The molecule has 2 rings (SSSR count). The molecule has 3 heteroatoms. The van der Waals surface area contributed by atoms with Crippen LogP contribution < -0.4 is 5.32 Å². The van der Waals surface area contributed by atoms with Crippen molar-refractivity contribution >= 4 is 8.07 Å². The number of nitrogens with one attached hydrogen (secondary N) is 1. The van der Waals surface area contributed by atoms with Crippen LogP contribution in [-0.4, -0.2) is 44.3 Å². The predicted molar refractivity (Wildman–Crippen MR) is 64.3 cm³/mol. The van der Waals surface area contributed by atoms with E-state index in [0.717, 1.165) is 12.1 Å². The number of hydrogen-bond acceptors (Lipinski definition) is 2. The third-order valence-electron chi connectivity index (χ3n) is 3.46. The van der Waals surface area contributed by atoms with Gasteiger partial charge < -0.3 is 5.32 Å². The van der Waals surface area contributed by atoms with E-state index in [2.05, 4.69) is 29.9 Å². The molecule has 2 unspecified atom stereocenters. The van der Waals surface area contributed by atoms with Gasteiger partial charge >= 0.3 is 0 Å². The summed E-state index contributed by atoms with van der Waals surface area (Å²) in [6.45, 7) is 9.95. The summed E-state index contributed by atoms with van der Waals surface area (Å²) in [5.74, 6) is 0. The molecule has 2 bridgehead atoms. The first-order chi connectivity index (χ1) is 6.56. The lowest BCUT2D eigenvalue weighted by Gasteiger charge is -2.33. The average molecular weight is 212 g/mol. The topological polar surface area (TPSA) is 15.3 Å². The minimum Gasteiger partial charge on any atom is -0.315 e. The van der Waals surface area contributed by atoms with Gasteiger partial charge in [-0.05, 0) is 32.0 Å². The highest BCUT2D eigenvalue weighted by atomic mass is 28.3. The van der Waals surface area contributed by atoms with Crippen LogP contribution in [0.4, 0.5) is 0 Å². The lowest BCUT2D eigenvalue weighted by atomic mass is 10.1. The molecule has 2 fully saturated rings. The Morgan fingerprint density at radius 3 is 2.57 bits per heavy atom. The Hall–Kier alpha value is 0.137. The third kappa shape index (κ3) is 2.38. The van der Waals surface area contributed by atoms with Crippen LogP contribution in [-0.2, 0) is 0 Å². The van der Waals surface area contributed by atoms with E-state index in [1.807, 2.05) is 0 Å². The Labute approximate surface area is 89.1 Å². The molecule has 2 saturated heterocycles. The first kappa shape index (κ1) is 10.6. The molecule has 0 aromatic rings. The molecule has 0 aromatic carbocycles. The normalized spacial score (nSPS) is 34.5. The molecular weight excluding hydrogens is 188 g/mol. The first-order valence-electron chi connectivity index (χ1n) is 6.03. The minimum atomic E-state index is -0.912. The van der Waals surface area contributed by atoms with E-state index in [0.29, 0.717) is 0 Å². The smallest absolute Gasteiger partial charge is 0.0599 e. The maximum absolute atomic E-state index is 3.57. The van der Waals surface area contributed by atoms with Gasteiger partial charge in [0, 0.05) is 18.6 Å². The van der Waals surface area contributed by atoms with E-state index in [1.54, 1.807) is 0 Å². The van der Waals surface area contributed by atoms with E-state index >= 15 is 0 Å². The van der Waals surface area contributed by atoms with Gasteiger partial charge in [-0.15, -0.1) is 0 Å². The molecule has 82 valence electrons. The van der Waals surface area contributed by atoms with Gasteiger partial charge in [-0.1, -0.05) is 19.6 Å². The molecule has 2 aliphatic heterocycles. The van der Waals surface area contributed by atoms with Crippen molar-refractivity contribution in [3.63, 3.8) is 0 Å². The maximum Gasteiger partial charge on any atom is 0.0599 e. The van der Waals surface area contributed by atoms with E-state index in [9.17, 15) is 0 Å². The Morgan fingerprint density at radius 2 is 1.86 bits per heavy atom. The zero-order valence-electron chi connectivity index (χ0n) is 9.84. The van der Waals surface area contributed by atoms with Crippen molar-refractivity contribution in [3.8, 4) is 0 Å². The Balaban J connectivity index is 2.02. The average Bonchev–Trinajstić information content (AvgIpc) is 2.22. The monoisotopic (exact) mass is 212 g/mol. The molecule has 0 aliphatic carbocycles. The van der Waals surface area contributed by atoms with Crippen LogP contribution in [0.15, 0.2) is 0 Å². The molecule has 0 saturated carbocycles. The number of fused-ring (bicyclic) bond motifs is 2. The predicted octanol–water partition coefficient (Wildman–Crippen LogP) is 1.69. The molecule has 2 atom stereocenters. The van der Waals surface area contributed by atoms with Gasteiger partial charge in [-0.2, -0.15) is 0 Å². The van der Waals surface area contributed by atoms with Crippen molar-refractivity contribution in [1.82, 2.24) is 10.2 Å². The van der Waals surface area contributed by atoms with Gasteiger partial charge in [0.25, 0.3) is 0 Å². The van der Waals surface area contributed by atoms with Gasteiger partial charge in [0.2, 0.25) is 0 Å². The quantitative estimate of drug-likeness (QED) is 0.701. The van der Waals surface area contributed by atoms with E-state index < -0.39 is 8.07 Å². The summed E-state index contributed by atoms with van der Waals surface area (Å²) in [4.78, 5) is 2.83. The summed E-state index contributed by atoms with van der Waals surface area (Å²) in [5, 5.41) is 3.57. The zero-order valence-corrected chi connectivity index (χ0v) is 10.8. The molecule has 0 radical (unpaired) electrons. The van der Waals surface area contributed by atoms with Gasteiger partial charge in [0.15, 0.2) is 0 Å². The maximum atomic E-state index is 3.57. The lowest BCUT2D eigenvalue weighted by Crippen LogP contribution is -2.47. The second-order valence-electron chi connectivity index (χ2n) is 6.11. The molecule has 0 spiro atoms. The van der Waals surface area contributed by atoms with E-state index in [-0.39, 0.29) is 0 Å². The van der Waals surface area contributed by atoms with Crippen molar-refractivity contribution < 1.29 is 0 Å². The second-order valence-corrected chi connectivity index (χ2v) is 11.5. The third-order valence-corrected chi connectivity index (χ3v) is 4.78. The minimum absolute atomic E-state index is 0.856. The molecule has 2 nitrogen and oxygen atoms in total. The van der Waals surface area contributed by atoms with Crippen LogP contribution in [0.1, 0.15) is 19.3 Å². The summed E-state index contributed by atoms with van der Waals surface area (Å²) in [7, 11) is -0.912. The second kappa shape index (κ2) is 3.95. The Bertz CT molecular complexity index is 186. The van der Waals surface area contributed by atoms with Crippen LogP contribution in [0.25, 0.3) is 0 Å². The van der Waals surface area contributed by atoms with Crippen molar-refractivity contribution in [2.75, 3.05) is 19.3 Å². The van der Waals surface area contributed by atoms with E-state index in [4.69, 9.17) is 0 Å².